The zero-order valence-corrected chi connectivity index (χ0v) is 9.17. The topological polar surface area (TPSA) is 32.3 Å². The van der Waals surface area contributed by atoms with E-state index in [1.165, 1.54) is 5.56 Å². The van der Waals surface area contributed by atoms with Crippen molar-refractivity contribution in [3.05, 3.63) is 29.3 Å². The fourth-order valence-electron chi connectivity index (χ4n) is 1.49. The van der Waals surface area contributed by atoms with Crippen LogP contribution in [0.2, 0.25) is 0 Å². The fraction of sp³-hybridized carbons (Fsp3) is 0.500. The first-order valence-corrected chi connectivity index (χ1v) is 5.18. The summed E-state index contributed by atoms with van der Waals surface area (Å²) in [6.07, 6.45) is 1.11. The lowest BCUT2D eigenvalue weighted by atomic mass is 10.0. The van der Waals surface area contributed by atoms with Crippen molar-refractivity contribution in [3.63, 3.8) is 0 Å². The number of hydrogen-bond acceptors (Lipinski definition) is 2. The molecule has 0 aliphatic rings. The van der Waals surface area contributed by atoms with Crippen molar-refractivity contribution in [2.75, 3.05) is 6.54 Å². The normalized spacial score (nSPS) is 12.8. The van der Waals surface area contributed by atoms with E-state index in [4.69, 9.17) is 0 Å². The van der Waals surface area contributed by atoms with Crippen molar-refractivity contribution < 1.29 is 5.11 Å². The van der Waals surface area contributed by atoms with Gasteiger partial charge in [0.25, 0.3) is 0 Å². The molecule has 1 atom stereocenters. The molecule has 2 nitrogen and oxygen atoms in total. The molecular weight excluding hydrogens is 174 g/mol. The molecule has 0 spiro atoms. The number of phenols is 1. The van der Waals surface area contributed by atoms with Crippen LogP contribution >= 0.6 is 0 Å². The van der Waals surface area contributed by atoms with E-state index in [9.17, 15) is 5.11 Å². The van der Waals surface area contributed by atoms with Crippen LogP contribution in [0.3, 0.4) is 0 Å². The Kier molecular flexibility index (Phi) is 3.96. The fourth-order valence-corrected chi connectivity index (χ4v) is 1.49. The van der Waals surface area contributed by atoms with Gasteiger partial charge < -0.3 is 10.4 Å². The molecule has 0 fully saturated rings. The van der Waals surface area contributed by atoms with E-state index < -0.39 is 0 Å². The summed E-state index contributed by atoms with van der Waals surface area (Å²) in [5.74, 6) is 0.381. The van der Waals surface area contributed by atoms with Gasteiger partial charge in [-0.2, -0.15) is 0 Å². The predicted molar refractivity (Wildman–Crippen MR) is 59.6 cm³/mol. The van der Waals surface area contributed by atoms with Crippen LogP contribution in [-0.2, 0) is 0 Å². The maximum atomic E-state index is 9.66. The second-order valence-corrected chi connectivity index (χ2v) is 3.74. The Bertz CT molecular complexity index is 296. The van der Waals surface area contributed by atoms with E-state index in [1.807, 2.05) is 19.1 Å². The van der Waals surface area contributed by atoms with Crippen LogP contribution in [0.5, 0.6) is 5.75 Å². The van der Waals surface area contributed by atoms with E-state index in [0.717, 1.165) is 18.5 Å². The van der Waals surface area contributed by atoms with E-state index in [0.29, 0.717) is 5.75 Å². The molecule has 2 heteroatoms. The van der Waals surface area contributed by atoms with Crippen molar-refractivity contribution in [3.8, 4) is 5.75 Å². The summed E-state index contributed by atoms with van der Waals surface area (Å²) in [4.78, 5) is 0. The number of aromatic hydroxyl groups is 1. The third-order valence-corrected chi connectivity index (χ3v) is 2.35. The molecule has 0 aliphatic carbocycles. The smallest absolute Gasteiger partial charge is 0.120 e. The van der Waals surface area contributed by atoms with Gasteiger partial charge in [0.05, 0.1) is 0 Å². The summed E-state index contributed by atoms with van der Waals surface area (Å²) >= 11 is 0. The van der Waals surface area contributed by atoms with Gasteiger partial charge in [-0.25, -0.2) is 0 Å². The monoisotopic (exact) mass is 193 g/mol. The molecule has 0 saturated carbocycles. The molecule has 0 aromatic heterocycles. The van der Waals surface area contributed by atoms with Gasteiger partial charge in [0.2, 0.25) is 0 Å². The van der Waals surface area contributed by atoms with Gasteiger partial charge >= 0.3 is 0 Å². The highest BCUT2D eigenvalue weighted by Crippen LogP contribution is 2.24. The van der Waals surface area contributed by atoms with Gasteiger partial charge in [-0.3, -0.25) is 0 Å². The maximum absolute atomic E-state index is 9.66. The number of benzene rings is 1. The minimum absolute atomic E-state index is 0.217. The Labute approximate surface area is 86.0 Å². The Balaban J connectivity index is 2.77. The third kappa shape index (κ3) is 2.74. The van der Waals surface area contributed by atoms with Crippen LogP contribution in [0, 0.1) is 6.92 Å². The Morgan fingerprint density at radius 1 is 1.43 bits per heavy atom. The summed E-state index contributed by atoms with van der Waals surface area (Å²) in [6, 6.07) is 5.93. The van der Waals surface area contributed by atoms with Crippen molar-refractivity contribution >= 4 is 0 Å². The van der Waals surface area contributed by atoms with Gasteiger partial charge in [-0.1, -0.05) is 24.6 Å². The molecule has 1 unspecified atom stereocenters. The number of rotatable bonds is 4. The first-order chi connectivity index (χ1) is 6.65. The Hall–Kier alpha value is -1.02. The van der Waals surface area contributed by atoms with Gasteiger partial charge in [0, 0.05) is 11.6 Å². The number of phenolic OH excluding ortho intramolecular Hbond substituents is 1. The van der Waals surface area contributed by atoms with Crippen LogP contribution in [0.25, 0.3) is 0 Å². The molecular formula is C12H19NO. The molecule has 0 bridgehead atoms. The van der Waals surface area contributed by atoms with Crippen LogP contribution in [0.1, 0.15) is 37.4 Å². The molecule has 0 saturated heterocycles. The van der Waals surface area contributed by atoms with Crippen LogP contribution in [0.15, 0.2) is 18.2 Å². The number of nitrogens with one attached hydrogen (secondary N) is 1. The van der Waals surface area contributed by atoms with Crippen molar-refractivity contribution in [1.82, 2.24) is 5.32 Å². The molecule has 14 heavy (non-hydrogen) atoms. The highest BCUT2D eigenvalue weighted by Gasteiger charge is 2.08. The highest BCUT2D eigenvalue weighted by molar-refractivity contribution is 5.37. The molecule has 1 rings (SSSR count). The molecule has 0 radical (unpaired) electrons. The molecule has 0 amide bonds. The maximum Gasteiger partial charge on any atom is 0.120 e. The third-order valence-electron chi connectivity index (χ3n) is 2.35. The summed E-state index contributed by atoms with van der Waals surface area (Å²) in [7, 11) is 0. The first kappa shape index (κ1) is 11.1. The minimum atomic E-state index is 0.217. The summed E-state index contributed by atoms with van der Waals surface area (Å²) in [6.45, 7) is 7.23. The van der Waals surface area contributed by atoms with E-state index in [2.05, 4.69) is 19.2 Å². The lowest BCUT2D eigenvalue weighted by molar-refractivity contribution is 0.452. The molecule has 1 aromatic carbocycles. The molecule has 1 aromatic rings. The molecule has 0 heterocycles. The largest absolute Gasteiger partial charge is 0.508 e. The van der Waals surface area contributed by atoms with Crippen molar-refractivity contribution in [1.29, 1.82) is 0 Å². The van der Waals surface area contributed by atoms with Gasteiger partial charge in [0.15, 0.2) is 0 Å². The van der Waals surface area contributed by atoms with Crippen LogP contribution < -0.4 is 5.32 Å². The summed E-state index contributed by atoms with van der Waals surface area (Å²) in [5.41, 5.74) is 2.17. The summed E-state index contributed by atoms with van der Waals surface area (Å²) < 4.78 is 0. The molecule has 78 valence electrons. The Morgan fingerprint density at radius 2 is 2.14 bits per heavy atom. The lowest BCUT2D eigenvalue weighted by Crippen LogP contribution is -2.19. The second kappa shape index (κ2) is 5.01. The number of aryl methyl sites for hydroxylation is 1. The summed E-state index contributed by atoms with van der Waals surface area (Å²) in [5, 5.41) is 13.0. The van der Waals surface area contributed by atoms with E-state index >= 15 is 0 Å². The van der Waals surface area contributed by atoms with E-state index in [1.54, 1.807) is 6.07 Å². The lowest BCUT2D eigenvalue weighted by Gasteiger charge is -2.15. The number of hydrogen-bond donors (Lipinski definition) is 2. The Morgan fingerprint density at radius 3 is 2.79 bits per heavy atom. The highest BCUT2D eigenvalue weighted by atomic mass is 16.3. The predicted octanol–water partition coefficient (Wildman–Crippen LogP) is 2.76. The zero-order chi connectivity index (χ0) is 10.6. The average molecular weight is 193 g/mol. The van der Waals surface area contributed by atoms with E-state index in [-0.39, 0.29) is 6.04 Å². The van der Waals surface area contributed by atoms with Crippen LogP contribution in [0.4, 0.5) is 0 Å². The first-order valence-electron chi connectivity index (χ1n) is 5.18. The standard InChI is InChI=1S/C12H19NO/c1-4-7-13-10(3)11-8-9(2)5-6-12(11)14/h5-6,8,10,13-14H,4,7H2,1-3H3. The van der Waals surface area contributed by atoms with Gasteiger partial charge in [-0.05, 0) is 32.9 Å². The van der Waals surface area contributed by atoms with Gasteiger partial charge in [-0.15, -0.1) is 0 Å². The second-order valence-electron chi connectivity index (χ2n) is 3.74. The quantitative estimate of drug-likeness (QED) is 0.770. The average Bonchev–Trinajstić information content (AvgIpc) is 2.18. The SMILES string of the molecule is CCCNC(C)c1cc(C)ccc1O. The minimum Gasteiger partial charge on any atom is -0.508 e. The zero-order valence-electron chi connectivity index (χ0n) is 9.17. The molecule has 2 N–H and O–H groups in total. The van der Waals surface area contributed by atoms with Crippen molar-refractivity contribution in [2.45, 2.75) is 33.2 Å². The van der Waals surface area contributed by atoms with Gasteiger partial charge in [0.1, 0.15) is 5.75 Å². The van der Waals surface area contributed by atoms with Crippen molar-refractivity contribution in [2.24, 2.45) is 0 Å². The molecule has 0 aliphatic heterocycles. The van der Waals surface area contributed by atoms with Crippen LogP contribution in [-0.4, -0.2) is 11.7 Å².